The molecule has 0 aliphatic carbocycles. The summed E-state index contributed by atoms with van der Waals surface area (Å²) >= 11 is 5.97. The Labute approximate surface area is 135 Å². The van der Waals surface area contributed by atoms with Crippen LogP contribution in [0.4, 0.5) is 0 Å². The summed E-state index contributed by atoms with van der Waals surface area (Å²) in [6.07, 6.45) is 0.581. The first-order valence-corrected chi connectivity index (χ1v) is 7.64. The van der Waals surface area contributed by atoms with Crippen LogP contribution in [0.5, 0.6) is 0 Å². The number of nitrogens with one attached hydrogen (secondary N) is 1. The van der Waals surface area contributed by atoms with Crippen LogP contribution in [-0.4, -0.2) is 17.1 Å². The number of benzene rings is 1. The van der Waals surface area contributed by atoms with Gasteiger partial charge in [0.2, 0.25) is 0 Å². The quantitative estimate of drug-likeness (QED) is 0.802. The highest BCUT2D eigenvalue weighted by molar-refractivity contribution is 6.30. The highest BCUT2D eigenvalue weighted by Gasteiger charge is 2.18. The van der Waals surface area contributed by atoms with Crippen molar-refractivity contribution in [3.8, 4) is 11.3 Å². The van der Waals surface area contributed by atoms with Gasteiger partial charge in [-0.1, -0.05) is 37.6 Å². The molecule has 2 rings (SSSR count). The summed E-state index contributed by atoms with van der Waals surface area (Å²) in [7, 11) is 0. The molecule has 0 aliphatic heterocycles. The van der Waals surface area contributed by atoms with E-state index in [0.29, 0.717) is 29.7 Å². The van der Waals surface area contributed by atoms with Crippen molar-refractivity contribution >= 4 is 17.6 Å². The van der Waals surface area contributed by atoms with E-state index in [1.165, 1.54) is 0 Å². The van der Waals surface area contributed by atoms with Crippen LogP contribution in [0.1, 0.15) is 26.0 Å². The zero-order valence-electron chi connectivity index (χ0n) is 12.7. The second-order valence-electron chi connectivity index (χ2n) is 5.68. The highest BCUT2D eigenvalue weighted by atomic mass is 35.5. The summed E-state index contributed by atoms with van der Waals surface area (Å²) < 4.78 is 5.75. The normalized spacial score (nSPS) is 12.5. The molecule has 0 aliphatic rings. The minimum atomic E-state index is -0.838. The molecule has 1 heterocycles. The first-order valence-electron chi connectivity index (χ1n) is 7.26. The predicted molar refractivity (Wildman–Crippen MR) is 86.9 cm³/mol. The van der Waals surface area contributed by atoms with E-state index < -0.39 is 12.0 Å². The number of furan rings is 1. The smallest absolute Gasteiger partial charge is 0.320 e. The maximum atomic E-state index is 11.2. The van der Waals surface area contributed by atoms with Crippen molar-refractivity contribution in [2.24, 2.45) is 5.92 Å². The van der Waals surface area contributed by atoms with Gasteiger partial charge in [0, 0.05) is 10.6 Å². The fraction of sp³-hybridized carbons (Fsp3) is 0.353. The second kappa shape index (κ2) is 7.47. The minimum Gasteiger partial charge on any atom is -0.480 e. The Morgan fingerprint density at radius 3 is 2.73 bits per heavy atom. The molecule has 2 aromatic rings. The molecule has 118 valence electrons. The fourth-order valence-electron chi connectivity index (χ4n) is 2.24. The summed E-state index contributed by atoms with van der Waals surface area (Å²) in [4.78, 5) is 11.2. The van der Waals surface area contributed by atoms with Crippen molar-refractivity contribution in [3.05, 3.63) is 47.2 Å². The highest BCUT2D eigenvalue weighted by Crippen LogP contribution is 2.24. The Kier molecular flexibility index (Phi) is 5.63. The molecule has 1 aromatic carbocycles. The van der Waals surface area contributed by atoms with E-state index in [1.54, 1.807) is 6.07 Å². The Morgan fingerprint density at radius 2 is 2.09 bits per heavy atom. The van der Waals surface area contributed by atoms with Gasteiger partial charge in [-0.15, -0.1) is 0 Å². The average Bonchev–Trinajstić information content (AvgIpc) is 2.91. The predicted octanol–water partition coefficient (Wildman–Crippen LogP) is 4.19. The summed E-state index contributed by atoms with van der Waals surface area (Å²) in [5, 5.41) is 12.9. The molecule has 0 fully saturated rings. The Morgan fingerprint density at radius 1 is 1.32 bits per heavy atom. The molecular weight excluding hydrogens is 302 g/mol. The molecule has 1 aromatic heterocycles. The number of hydrogen-bond acceptors (Lipinski definition) is 3. The third-order valence-electron chi connectivity index (χ3n) is 3.30. The molecule has 0 radical (unpaired) electrons. The molecule has 1 unspecified atom stereocenters. The van der Waals surface area contributed by atoms with Crippen molar-refractivity contribution < 1.29 is 14.3 Å². The zero-order valence-corrected chi connectivity index (χ0v) is 13.4. The van der Waals surface area contributed by atoms with Crippen molar-refractivity contribution in [3.63, 3.8) is 0 Å². The lowest BCUT2D eigenvalue weighted by Crippen LogP contribution is -2.37. The van der Waals surface area contributed by atoms with E-state index in [0.717, 1.165) is 11.3 Å². The van der Waals surface area contributed by atoms with Crippen molar-refractivity contribution in [1.82, 2.24) is 5.32 Å². The van der Waals surface area contributed by atoms with E-state index >= 15 is 0 Å². The van der Waals surface area contributed by atoms with Crippen molar-refractivity contribution in [1.29, 1.82) is 0 Å². The van der Waals surface area contributed by atoms with E-state index in [9.17, 15) is 9.90 Å². The molecule has 2 N–H and O–H groups in total. The van der Waals surface area contributed by atoms with Gasteiger partial charge in [0.15, 0.2) is 0 Å². The molecule has 0 saturated carbocycles. The number of halogens is 1. The third kappa shape index (κ3) is 4.61. The molecule has 0 amide bonds. The van der Waals surface area contributed by atoms with Gasteiger partial charge in [0.1, 0.15) is 17.6 Å². The number of carboxylic acid groups (broad SMARTS) is 1. The molecule has 0 spiro atoms. The first-order chi connectivity index (χ1) is 10.5. The largest absolute Gasteiger partial charge is 0.480 e. The average molecular weight is 322 g/mol. The van der Waals surface area contributed by atoms with Crippen LogP contribution in [0, 0.1) is 5.92 Å². The van der Waals surface area contributed by atoms with Gasteiger partial charge in [0.05, 0.1) is 6.54 Å². The number of hydrogen-bond donors (Lipinski definition) is 2. The molecule has 1 atom stereocenters. The SMILES string of the molecule is CC(C)CC(NCc1ccc(-c2cccc(Cl)c2)o1)C(=O)O. The van der Waals surface area contributed by atoms with E-state index in [2.05, 4.69) is 5.32 Å². The Bertz CT molecular complexity index is 636. The van der Waals surface area contributed by atoms with Crippen LogP contribution < -0.4 is 5.32 Å². The Hall–Kier alpha value is -1.78. The van der Waals surface area contributed by atoms with E-state index in [4.69, 9.17) is 16.0 Å². The van der Waals surface area contributed by atoms with E-state index in [1.807, 2.05) is 44.2 Å². The summed E-state index contributed by atoms with van der Waals surface area (Å²) in [6.45, 7) is 4.38. The van der Waals surface area contributed by atoms with Gasteiger partial charge in [-0.2, -0.15) is 0 Å². The fourth-order valence-corrected chi connectivity index (χ4v) is 2.43. The van der Waals surface area contributed by atoms with Gasteiger partial charge < -0.3 is 9.52 Å². The lowest BCUT2D eigenvalue weighted by molar-refractivity contribution is -0.140. The lowest BCUT2D eigenvalue weighted by atomic mass is 10.0. The number of rotatable bonds is 7. The standard InChI is InChI=1S/C17H20ClNO3/c1-11(2)8-15(17(20)21)19-10-14-6-7-16(22-14)12-4-3-5-13(18)9-12/h3-7,9,11,15,19H,8,10H2,1-2H3,(H,20,21). The van der Waals surface area contributed by atoms with Crippen molar-refractivity contribution in [2.45, 2.75) is 32.9 Å². The zero-order chi connectivity index (χ0) is 16.1. The van der Waals surface area contributed by atoms with Gasteiger partial charge in [-0.25, -0.2) is 0 Å². The third-order valence-corrected chi connectivity index (χ3v) is 3.53. The Balaban J connectivity index is 2.01. The molecule has 0 bridgehead atoms. The van der Waals surface area contributed by atoms with Crippen LogP contribution in [-0.2, 0) is 11.3 Å². The molecule has 0 saturated heterocycles. The molecule has 22 heavy (non-hydrogen) atoms. The molecule has 5 heteroatoms. The monoisotopic (exact) mass is 321 g/mol. The molecular formula is C17H20ClNO3. The number of aliphatic carboxylic acids is 1. The number of carbonyl (C=O) groups is 1. The van der Waals surface area contributed by atoms with Crippen molar-refractivity contribution in [2.75, 3.05) is 0 Å². The maximum Gasteiger partial charge on any atom is 0.320 e. The van der Waals surface area contributed by atoms with Crippen LogP contribution in [0.3, 0.4) is 0 Å². The maximum absolute atomic E-state index is 11.2. The van der Waals surface area contributed by atoms with E-state index in [-0.39, 0.29) is 0 Å². The van der Waals surface area contributed by atoms with Gasteiger partial charge in [-0.3, -0.25) is 10.1 Å². The van der Waals surface area contributed by atoms with Gasteiger partial charge in [0.25, 0.3) is 0 Å². The lowest BCUT2D eigenvalue weighted by Gasteiger charge is -2.15. The summed E-state index contributed by atoms with van der Waals surface area (Å²) in [6, 6.07) is 10.6. The van der Waals surface area contributed by atoms with Crippen LogP contribution in [0.15, 0.2) is 40.8 Å². The topological polar surface area (TPSA) is 62.5 Å². The van der Waals surface area contributed by atoms with Crippen LogP contribution >= 0.6 is 11.6 Å². The van der Waals surface area contributed by atoms with Crippen LogP contribution in [0.25, 0.3) is 11.3 Å². The molecule has 4 nitrogen and oxygen atoms in total. The first kappa shape index (κ1) is 16.6. The summed E-state index contributed by atoms with van der Waals surface area (Å²) in [5.41, 5.74) is 0.899. The second-order valence-corrected chi connectivity index (χ2v) is 6.11. The van der Waals surface area contributed by atoms with Gasteiger partial charge >= 0.3 is 5.97 Å². The van der Waals surface area contributed by atoms with Crippen LogP contribution in [0.2, 0.25) is 5.02 Å². The summed E-state index contributed by atoms with van der Waals surface area (Å²) in [5.74, 6) is 0.891. The number of carboxylic acids is 1. The minimum absolute atomic E-state index is 0.312. The van der Waals surface area contributed by atoms with Gasteiger partial charge in [-0.05, 0) is 36.6 Å².